The standard InChI is InChI=1S/C21H21N5O2S/c1-26-10-8-16(9-11-26)24-21(27)14-2-4-15(5-3-14)23-20-12-18(25-28-20)19-7-6-17(13-22)29-19/h2-7,12,16,23H,8-11H2,1H3,(H,24,27). The van der Waals surface area contributed by atoms with Gasteiger partial charge in [-0.25, -0.2) is 0 Å². The van der Waals surface area contributed by atoms with Crippen LogP contribution in [0.2, 0.25) is 0 Å². The third kappa shape index (κ3) is 4.65. The van der Waals surface area contributed by atoms with E-state index >= 15 is 0 Å². The molecular formula is C21H21N5O2S. The number of thiophene rings is 1. The number of benzene rings is 1. The number of piperidine rings is 1. The van der Waals surface area contributed by atoms with Crippen molar-refractivity contribution in [3.8, 4) is 16.6 Å². The summed E-state index contributed by atoms with van der Waals surface area (Å²) < 4.78 is 5.33. The molecule has 0 atom stereocenters. The minimum absolute atomic E-state index is 0.0425. The van der Waals surface area contributed by atoms with E-state index < -0.39 is 0 Å². The van der Waals surface area contributed by atoms with Gasteiger partial charge in [0.15, 0.2) is 0 Å². The van der Waals surface area contributed by atoms with Gasteiger partial charge in [-0.3, -0.25) is 4.79 Å². The Morgan fingerprint density at radius 1 is 1.24 bits per heavy atom. The molecule has 0 bridgehead atoms. The predicted octanol–water partition coefficient (Wildman–Crippen LogP) is 3.84. The summed E-state index contributed by atoms with van der Waals surface area (Å²) in [4.78, 5) is 16.2. The SMILES string of the molecule is CN1CCC(NC(=O)c2ccc(Nc3cc(-c4ccc(C#N)s4)no3)cc2)CC1. The van der Waals surface area contributed by atoms with E-state index in [9.17, 15) is 4.79 Å². The number of anilines is 2. The highest BCUT2D eigenvalue weighted by Crippen LogP contribution is 2.29. The van der Waals surface area contributed by atoms with Crippen LogP contribution in [0.5, 0.6) is 0 Å². The van der Waals surface area contributed by atoms with Gasteiger partial charge in [0.2, 0.25) is 5.88 Å². The van der Waals surface area contributed by atoms with Crippen LogP contribution in [0.15, 0.2) is 47.0 Å². The molecule has 7 nitrogen and oxygen atoms in total. The highest BCUT2D eigenvalue weighted by Gasteiger charge is 2.19. The van der Waals surface area contributed by atoms with Gasteiger partial charge < -0.3 is 20.1 Å². The smallest absolute Gasteiger partial charge is 0.251 e. The molecule has 0 spiro atoms. The fourth-order valence-electron chi connectivity index (χ4n) is 3.25. The third-order valence-corrected chi connectivity index (χ3v) is 5.96. The number of hydrogen-bond donors (Lipinski definition) is 2. The Bertz CT molecular complexity index is 1030. The quantitative estimate of drug-likeness (QED) is 0.667. The van der Waals surface area contributed by atoms with Crippen LogP contribution >= 0.6 is 11.3 Å². The minimum Gasteiger partial charge on any atom is -0.349 e. The molecule has 1 aliphatic rings. The summed E-state index contributed by atoms with van der Waals surface area (Å²) in [5.74, 6) is 0.453. The van der Waals surface area contributed by atoms with Crippen LogP contribution < -0.4 is 10.6 Å². The number of nitriles is 1. The second-order valence-electron chi connectivity index (χ2n) is 7.11. The fourth-order valence-corrected chi connectivity index (χ4v) is 4.01. The molecule has 2 aromatic heterocycles. The molecule has 3 heterocycles. The summed E-state index contributed by atoms with van der Waals surface area (Å²) in [6, 6.07) is 15.0. The molecule has 4 rings (SSSR count). The lowest BCUT2D eigenvalue weighted by Crippen LogP contribution is -2.43. The normalized spacial score (nSPS) is 15.0. The molecule has 29 heavy (non-hydrogen) atoms. The Kier molecular flexibility index (Phi) is 5.60. The monoisotopic (exact) mass is 407 g/mol. The van der Waals surface area contributed by atoms with E-state index in [0.29, 0.717) is 22.0 Å². The summed E-state index contributed by atoms with van der Waals surface area (Å²) in [5.41, 5.74) is 2.11. The van der Waals surface area contributed by atoms with Gasteiger partial charge in [0.05, 0.1) is 4.88 Å². The lowest BCUT2D eigenvalue weighted by molar-refractivity contribution is 0.0917. The fraction of sp³-hybridized carbons (Fsp3) is 0.286. The van der Waals surface area contributed by atoms with Crippen molar-refractivity contribution >= 4 is 28.8 Å². The van der Waals surface area contributed by atoms with Gasteiger partial charge >= 0.3 is 0 Å². The van der Waals surface area contributed by atoms with Crippen LogP contribution in [-0.2, 0) is 0 Å². The van der Waals surface area contributed by atoms with Crippen molar-refractivity contribution in [3.05, 3.63) is 52.9 Å². The van der Waals surface area contributed by atoms with Crippen molar-refractivity contribution in [3.63, 3.8) is 0 Å². The average Bonchev–Trinajstić information content (AvgIpc) is 3.39. The van der Waals surface area contributed by atoms with Crippen molar-refractivity contribution in [1.82, 2.24) is 15.4 Å². The maximum atomic E-state index is 12.5. The van der Waals surface area contributed by atoms with Crippen LogP contribution in [0.1, 0.15) is 28.1 Å². The molecule has 0 saturated carbocycles. The zero-order valence-corrected chi connectivity index (χ0v) is 16.8. The van der Waals surface area contributed by atoms with E-state index in [0.717, 1.165) is 36.5 Å². The Hall–Kier alpha value is -3.15. The zero-order valence-electron chi connectivity index (χ0n) is 16.0. The molecule has 0 unspecified atom stereocenters. The predicted molar refractivity (Wildman–Crippen MR) is 112 cm³/mol. The molecule has 1 saturated heterocycles. The van der Waals surface area contributed by atoms with E-state index in [1.165, 1.54) is 11.3 Å². The van der Waals surface area contributed by atoms with Crippen LogP contribution in [0.3, 0.4) is 0 Å². The number of carbonyl (C=O) groups is 1. The first kappa shape index (κ1) is 19.2. The van der Waals surface area contributed by atoms with Gasteiger partial charge in [0, 0.05) is 23.4 Å². The summed E-state index contributed by atoms with van der Waals surface area (Å²) in [6.07, 6.45) is 1.96. The summed E-state index contributed by atoms with van der Waals surface area (Å²) in [7, 11) is 2.10. The van der Waals surface area contributed by atoms with Crippen molar-refractivity contribution in [1.29, 1.82) is 5.26 Å². The molecule has 3 aromatic rings. The van der Waals surface area contributed by atoms with Gasteiger partial charge in [0.1, 0.15) is 16.6 Å². The van der Waals surface area contributed by atoms with E-state index in [1.807, 2.05) is 18.2 Å². The van der Waals surface area contributed by atoms with Gasteiger partial charge in [0.25, 0.3) is 5.91 Å². The second kappa shape index (κ2) is 8.47. The molecule has 1 aromatic carbocycles. The zero-order chi connectivity index (χ0) is 20.2. The Morgan fingerprint density at radius 2 is 2.00 bits per heavy atom. The highest BCUT2D eigenvalue weighted by atomic mass is 32.1. The van der Waals surface area contributed by atoms with Crippen molar-refractivity contribution < 1.29 is 9.32 Å². The first-order valence-electron chi connectivity index (χ1n) is 9.44. The number of carbonyl (C=O) groups excluding carboxylic acids is 1. The molecule has 1 aliphatic heterocycles. The molecule has 1 amide bonds. The Morgan fingerprint density at radius 3 is 2.69 bits per heavy atom. The number of nitrogens with zero attached hydrogens (tertiary/aromatic N) is 3. The van der Waals surface area contributed by atoms with Crippen LogP contribution in [0, 0.1) is 11.3 Å². The number of nitrogens with one attached hydrogen (secondary N) is 2. The van der Waals surface area contributed by atoms with E-state index in [1.54, 1.807) is 24.3 Å². The molecule has 0 radical (unpaired) electrons. The van der Waals surface area contributed by atoms with Crippen LogP contribution in [-0.4, -0.2) is 42.1 Å². The van der Waals surface area contributed by atoms with E-state index in [4.69, 9.17) is 9.78 Å². The van der Waals surface area contributed by atoms with Crippen molar-refractivity contribution in [2.45, 2.75) is 18.9 Å². The molecule has 2 N–H and O–H groups in total. The van der Waals surface area contributed by atoms with E-state index in [2.05, 4.69) is 33.8 Å². The maximum absolute atomic E-state index is 12.5. The van der Waals surface area contributed by atoms with Crippen molar-refractivity contribution in [2.24, 2.45) is 0 Å². The molecule has 0 aliphatic carbocycles. The molecule has 148 valence electrons. The number of hydrogen-bond acceptors (Lipinski definition) is 7. The van der Waals surface area contributed by atoms with Crippen LogP contribution in [0.25, 0.3) is 10.6 Å². The van der Waals surface area contributed by atoms with Gasteiger partial charge in [-0.05, 0) is 69.4 Å². The average molecular weight is 407 g/mol. The summed E-state index contributed by atoms with van der Waals surface area (Å²) in [6.45, 7) is 2.02. The Balaban J connectivity index is 1.36. The first-order valence-corrected chi connectivity index (χ1v) is 10.3. The summed E-state index contributed by atoms with van der Waals surface area (Å²) in [5, 5.41) is 19.2. The number of rotatable bonds is 5. The Labute approximate surface area is 172 Å². The number of aromatic nitrogens is 1. The largest absolute Gasteiger partial charge is 0.349 e. The molecule has 1 fully saturated rings. The lowest BCUT2D eigenvalue weighted by Gasteiger charge is -2.29. The minimum atomic E-state index is -0.0425. The lowest BCUT2D eigenvalue weighted by atomic mass is 10.0. The molecule has 8 heteroatoms. The number of amides is 1. The maximum Gasteiger partial charge on any atom is 0.251 e. The second-order valence-corrected chi connectivity index (χ2v) is 8.19. The van der Waals surface area contributed by atoms with Gasteiger partial charge in [-0.1, -0.05) is 5.16 Å². The van der Waals surface area contributed by atoms with E-state index in [-0.39, 0.29) is 11.9 Å². The van der Waals surface area contributed by atoms with Gasteiger partial charge in [-0.15, -0.1) is 11.3 Å². The van der Waals surface area contributed by atoms with Crippen molar-refractivity contribution in [2.75, 3.05) is 25.5 Å². The molecular weight excluding hydrogens is 386 g/mol. The first-order chi connectivity index (χ1) is 14.1. The highest BCUT2D eigenvalue weighted by molar-refractivity contribution is 7.15. The topological polar surface area (TPSA) is 94.2 Å². The number of likely N-dealkylation sites (tertiary alicyclic amines) is 1. The van der Waals surface area contributed by atoms with Crippen LogP contribution in [0.4, 0.5) is 11.6 Å². The third-order valence-electron chi connectivity index (χ3n) is 4.95. The van der Waals surface area contributed by atoms with Gasteiger partial charge in [-0.2, -0.15) is 5.26 Å². The summed E-state index contributed by atoms with van der Waals surface area (Å²) >= 11 is 1.37.